The van der Waals surface area contributed by atoms with Gasteiger partial charge in [0.25, 0.3) is 5.91 Å². The van der Waals surface area contributed by atoms with E-state index in [2.05, 4.69) is 4.90 Å². The Kier molecular flexibility index (Phi) is 4.62. The maximum Gasteiger partial charge on any atom is 0.252 e. The van der Waals surface area contributed by atoms with Crippen molar-refractivity contribution in [2.45, 2.75) is 74.9 Å². The molecule has 1 aromatic carbocycles. The van der Waals surface area contributed by atoms with Gasteiger partial charge in [-0.3, -0.25) is 9.69 Å². The molecule has 6 bridgehead atoms. The van der Waals surface area contributed by atoms with E-state index in [1.807, 2.05) is 6.07 Å². The lowest BCUT2D eigenvalue weighted by Gasteiger charge is -2.50. The molecule has 6 rings (SSSR count). The number of benzene rings is 1. The van der Waals surface area contributed by atoms with Crippen LogP contribution in [0.15, 0.2) is 12.1 Å². The number of ether oxygens (including phenoxy) is 3. The fourth-order valence-electron chi connectivity index (χ4n) is 6.30. The Bertz CT molecular complexity index is 894. The van der Waals surface area contributed by atoms with Crippen molar-refractivity contribution >= 4 is 5.91 Å². The van der Waals surface area contributed by atoms with Gasteiger partial charge in [-0.05, 0) is 68.2 Å². The first-order chi connectivity index (χ1) is 15.0. The van der Waals surface area contributed by atoms with Crippen LogP contribution in [0.1, 0.15) is 60.0 Å². The van der Waals surface area contributed by atoms with Gasteiger partial charge < -0.3 is 25.1 Å². The number of hydrogen-bond donors (Lipinski definition) is 2. The molecule has 1 saturated heterocycles. The van der Waals surface area contributed by atoms with Crippen LogP contribution in [0.4, 0.5) is 0 Å². The van der Waals surface area contributed by atoms with E-state index in [-0.39, 0.29) is 6.04 Å². The predicted molar refractivity (Wildman–Crippen MR) is 113 cm³/mol. The molecule has 3 aliphatic heterocycles. The number of carbonyl (C=O) groups is 1. The van der Waals surface area contributed by atoms with E-state index in [0.717, 1.165) is 49.4 Å². The van der Waals surface area contributed by atoms with Gasteiger partial charge in [0.1, 0.15) is 5.75 Å². The van der Waals surface area contributed by atoms with Crippen LogP contribution in [-0.2, 0) is 22.3 Å². The van der Waals surface area contributed by atoms with Crippen molar-refractivity contribution in [2.75, 3.05) is 26.3 Å². The van der Waals surface area contributed by atoms with E-state index in [9.17, 15) is 9.90 Å². The van der Waals surface area contributed by atoms with Crippen LogP contribution in [0.25, 0.3) is 0 Å². The summed E-state index contributed by atoms with van der Waals surface area (Å²) in [6, 6.07) is 3.83. The number of nitrogens with zero attached hydrogens (tertiary/aromatic N) is 1. The molecule has 0 radical (unpaired) electrons. The van der Waals surface area contributed by atoms with Crippen LogP contribution in [0.3, 0.4) is 0 Å². The van der Waals surface area contributed by atoms with E-state index in [0.29, 0.717) is 43.8 Å². The van der Waals surface area contributed by atoms with Crippen LogP contribution in [-0.4, -0.2) is 65.8 Å². The molecule has 7 heteroatoms. The molecular formula is C24H32N2O5. The Balaban J connectivity index is 1.50. The Labute approximate surface area is 182 Å². The largest absolute Gasteiger partial charge is 0.484 e. The number of aliphatic hydroxyl groups is 1. The highest BCUT2D eigenvalue weighted by Gasteiger charge is 2.58. The van der Waals surface area contributed by atoms with E-state index in [1.54, 1.807) is 6.07 Å². The van der Waals surface area contributed by atoms with E-state index in [4.69, 9.17) is 19.9 Å². The van der Waals surface area contributed by atoms with Crippen LogP contribution >= 0.6 is 0 Å². The average Bonchev–Trinajstić information content (AvgIpc) is 3.42. The van der Waals surface area contributed by atoms with E-state index < -0.39 is 23.4 Å². The Hall–Kier alpha value is -1.67. The standard InChI is InChI=1S/C24H32N2O5/c25-22(27)18-6-5-16-12-19-23(28)7-8-24(29-10-11-30-24)20(13-23)31-21(18)17(16)2-1-9-26(19)14-15-3-4-15/h5-6,15,19-20,28H,1-4,7-14H2,(H2,25,27). The zero-order valence-electron chi connectivity index (χ0n) is 18.0. The topological polar surface area (TPSA) is 94.3 Å². The van der Waals surface area contributed by atoms with Crippen molar-refractivity contribution in [2.24, 2.45) is 11.7 Å². The molecule has 5 aliphatic rings. The Morgan fingerprint density at radius 1 is 1.23 bits per heavy atom. The lowest BCUT2D eigenvalue weighted by Crippen LogP contribution is -2.63. The van der Waals surface area contributed by atoms with Crippen LogP contribution in [0.5, 0.6) is 5.75 Å². The zero-order chi connectivity index (χ0) is 21.2. The number of fused-ring (bicyclic) bond motifs is 5. The number of nitrogens with two attached hydrogens (primary N) is 1. The number of amides is 1. The van der Waals surface area contributed by atoms with Gasteiger partial charge in [-0.2, -0.15) is 0 Å². The number of carbonyl (C=O) groups excluding carboxylic acids is 1. The summed E-state index contributed by atoms with van der Waals surface area (Å²) in [5.74, 6) is -0.0154. The summed E-state index contributed by atoms with van der Waals surface area (Å²) in [5.41, 5.74) is 7.49. The zero-order valence-corrected chi connectivity index (χ0v) is 18.0. The number of primary amides is 1. The summed E-state index contributed by atoms with van der Waals surface area (Å²) in [6.45, 7) is 3.04. The summed E-state index contributed by atoms with van der Waals surface area (Å²) in [7, 11) is 0. The maximum atomic E-state index is 12.3. The van der Waals surface area contributed by atoms with Gasteiger partial charge >= 0.3 is 0 Å². The highest BCUT2D eigenvalue weighted by molar-refractivity contribution is 5.96. The fourth-order valence-corrected chi connectivity index (χ4v) is 6.30. The van der Waals surface area contributed by atoms with Gasteiger partial charge in [0.15, 0.2) is 6.10 Å². The van der Waals surface area contributed by atoms with Crippen LogP contribution in [0.2, 0.25) is 0 Å². The molecule has 31 heavy (non-hydrogen) atoms. The molecule has 2 saturated carbocycles. The Morgan fingerprint density at radius 3 is 2.77 bits per heavy atom. The van der Waals surface area contributed by atoms with Crippen molar-refractivity contribution in [3.63, 3.8) is 0 Å². The first kappa shape index (κ1) is 20.0. The van der Waals surface area contributed by atoms with Gasteiger partial charge in [0.05, 0.1) is 24.4 Å². The summed E-state index contributed by atoms with van der Waals surface area (Å²) in [5, 5.41) is 12.1. The highest BCUT2D eigenvalue weighted by Crippen LogP contribution is 2.48. The van der Waals surface area contributed by atoms with Crippen molar-refractivity contribution in [1.29, 1.82) is 0 Å². The van der Waals surface area contributed by atoms with Crippen molar-refractivity contribution in [3.05, 3.63) is 28.8 Å². The van der Waals surface area contributed by atoms with Gasteiger partial charge in [-0.1, -0.05) is 6.07 Å². The molecule has 2 aliphatic carbocycles. The quantitative estimate of drug-likeness (QED) is 0.762. The average molecular weight is 429 g/mol. The second kappa shape index (κ2) is 7.17. The van der Waals surface area contributed by atoms with Crippen LogP contribution in [0, 0.1) is 5.92 Å². The van der Waals surface area contributed by atoms with E-state index >= 15 is 0 Å². The minimum absolute atomic E-state index is 0.0161. The molecule has 3 heterocycles. The second-order valence-corrected chi connectivity index (χ2v) is 10.1. The minimum Gasteiger partial charge on any atom is -0.484 e. The Morgan fingerprint density at radius 2 is 2.03 bits per heavy atom. The smallest absolute Gasteiger partial charge is 0.252 e. The van der Waals surface area contributed by atoms with Gasteiger partial charge in [-0.15, -0.1) is 0 Å². The third kappa shape index (κ3) is 3.28. The van der Waals surface area contributed by atoms with Crippen molar-refractivity contribution < 1.29 is 24.1 Å². The first-order valence-electron chi connectivity index (χ1n) is 11.8. The molecular weight excluding hydrogens is 396 g/mol. The maximum absolute atomic E-state index is 12.3. The third-order valence-corrected chi connectivity index (χ3v) is 8.13. The molecule has 1 amide bonds. The van der Waals surface area contributed by atoms with E-state index in [1.165, 1.54) is 12.8 Å². The molecule has 7 nitrogen and oxygen atoms in total. The summed E-state index contributed by atoms with van der Waals surface area (Å²) >= 11 is 0. The molecule has 168 valence electrons. The summed E-state index contributed by atoms with van der Waals surface area (Å²) in [4.78, 5) is 14.8. The molecule has 1 spiro atoms. The monoisotopic (exact) mass is 428 g/mol. The van der Waals surface area contributed by atoms with Gasteiger partial charge in [0, 0.05) is 25.4 Å². The summed E-state index contributed by atoms with van der Waals surface area (Å²) in [6.07, 6.45) is 6.29. The lowest BCUT2D eigenvalue weighted by atomic mass is 9.72. The molecule has 3 unspecified atom stereocenters. The van der Waals surface area contributed by atoms with Crippen LogP contribution < -0.4 is 10.5 Å². The molecule has 3 atom stereocenters. The highest BCUT2D eigenvalue weighted by atomic mass is 16.8. The fraction of sp³-hybridized carbons (Fsp3) is 0.708. The number of hydrogen-bond acceptors (Lipinski definition) is 6. The lowest BCUT2D eigenvalue weighted by molar-refractivity contribution is -0.259. The van der Waals surface area contributed by atoms with Gasteiger partial charge in [0.2, 0.25) is 5.79 Å². The first-order valence-corrected chi connectivity index (χ1v) is 11.8. The molecule has 3 fully saturated rings. The minimum atomic E-state index is -0.895. The van der Waals surface area contributed by atoms with Crippen molar-refractivity contribution in [3.8, 4) is 5.75 Å². The normalized spacial score (nSPS) is 34.4. The predicted octanol–water partition coefficient (Wildman–Crippen LogP) is 1.77. The molecule has 0 aromatic heterocycles. The SMILES string of the molecule is NC(=O)c1ccc2c3c1OC1CC(O)(CCC14OCCO4)C(C2)N(CC1CC1)CCC3. The molecule has 3 N–H and O–H groups in total. The van der Waals surface area contributed by atoms with Gasteiger partial charge in [-0.25, -0.2) is 0 Å². The third-order valence-electron chi connectivity index (χ3n) is 8.13. The summed E-state index contributed by atoms with van der Waals surface area (Å²) < 4.78 is 18.8. The molecule has 1 aromatic rings. The van der Waals surface area contributed by atoms with Crippen molar-refractivity contribution in [1.82, 2.24) is 4.90 Å². The number of rotatable bonds is 3. The second-order valence-electron chi connectivity index (χ2n) is 10.1.